The number of piperidine rings is 1. The first kappa shape index (κ1) is 24.8. The first-order valence-electron chi connectivity index (χ1n) is 14.3. The standard InChI is InChI=1S/C32H34N8/c1-32(2)19-33-14-13-26(32)38-31-29-23(20-7-5-8-20)17-34-18-25(29)37-30(40-31)22-12-15-35-28(16-22)39-27-11-10-21-6-3-4-9-24(21)36-27/h3-4,6,9-12,15-18,20,26,33H,5,7-8,13-14,19H2,1-2H3,(H,35,36,39)(H,37,38,40)/t26-/m0/s1. The summed E-state index contributed by atoms with van der Waals surface area (Å²) in [5.74, 6) is 3.53. The molecule has 0 spiro atoms. The van der Waals surface area contributed by atoms with Gasteiger partial charge < -0.3 is 16.0 Å². The van der Waals surface area contributed by atoms with E-state index in [1.807, 2.05) is 48.8 Å². The molecule has 0 unspecified atom stereocenters. The van der Waals surface area contributed by atoms with E-state index in [-0.39, 0.29) is 5.41 Å². The summed E-state index contributed by atoms with van der Waals surface area (Å²) < 4.78 is 0. The summed E-state index contributed by atoms with van der Waals surface area (Å²) in [6, 6.07) is 16.4. The molecule has 1 saturated carbocycles. The molecule has 4 aromatic heterocycles. The number of para-hydroxylation sites is 1. The van der Waals surface area contributed by atoms with Crippen LogP contribution in [0.3, 0.4) is 0 Å². The van der Waals surface area contributed by atoms with Gasteiger partial charge in [-0.15, -0.1) is 0 Å². The van der Waals surface area contributed by atoms with Gasteiger partial charge in [0, 0.05) is 41.3 Å². The first-order valence-corrected chi connectivity index (χ1v) is 14.3. The Morgan fingerprint density at radius 1 is 0.900 bits per heavy atom. The Morgan fingerprint density at radius 3 is 2.65 bits per heavy atom. The van der Waals surface area contributed by atoms with E-state index >= 15 is 0 Å². The van der Waals surface area contributed by atoms with Gasteiger partial charge in [-0.25, -0.2) is 19.9 Å². The van der Waals surface area contributed by atoms with Crippen molar-refractivity contribution in [2.75, 3.05) is 23.7 Å². The molecule has 40 heavy (non-hydrogen) atoms. The molecular formula is C32H34N8. The van der Waals surface area contributed by atoms with Crippen LogP contribution in [0.25, 0.3) is 33.2 Å². The van der Waals surface area contributed by atoms with Crippen LogP contribution in [0.1, 0.15) is 51.0 Å². The monoisotopic (exact) mass is 530 g/mol. The molecule has 8 nitrogen and oxygen atoms in total. The molecule has 202 valence electrons. The second-order valence-electron chi connectivity index (χ2n) is 11.7. The van der Waals surface area contributed by atoms with Gasteiger partial charge in [-0.05, 0) is 73.0 Å². The van der Waals surface area contributed by atoms with E-state index in [1.165, 1.54) is 24.8 Å². The minimum Gasteiger partial charge on any atom is -0.366 e. The number of hydrogen-bond acceptors (Lipinski definition) is 8. The number of hydrogen-bond donors (Lipinski definition) is 3. The topological polar surface area (TPSA) is 101 Å². The quantitative estimate of drug-likeness (QED) is 0.230. The maximum absolute atomic E-state index is 5.18. The molecule has 0 amide bonds. The summed E-state index contributed by atoms with van der Waals surface area (Å²) >= 11 is 0. The maximum atomic E-state index is 5.18. The van der Waals surface area contributed by atoms with Crippen LogP contribution in [0.15, 0.2) is 67.1 Å². The van der Waals surface area contributed by atoms with Crippen LogP contribution in [0.2, 0.25) is 0 Å². The van der Waals surface area contributed by atoms with Crippen molar-refractivity contribution < 1.29 is 0 Å². The van der Waals surface area contributed by atoms with Crippen LogP contribution in [0, 0.1) is 5.41 Å². The summed E-state index contributed by atoms with van der Waals surface area (Å²) in [6.45, 7) is 6.60. The van der Waals surface area contributed by atoms with Gasteiger partial charge in [0.05, 0.1) is 17.2 Å². The molecule has 1 aliphatic heterocycles. The Labute approximate surface area is 234 Å². The molecule has 1 aromatic carbocycles. The smallest absolute Gasteiger partial charge is 0.162 e. The number of benzene rings is 1. The Bertz CT molecular complexity index is 1690. The number of rotatable bonds is 6. The molecule has 0 radical (unpaired) electrons. The number of nitrogens with zero attached hydrogens (tertiary/aromatic N) is 5. The lowest BCUT2D eigenvalue weighted by Gasteiger charge is -2.40. The van der Waals surface area contributed by atoms with Crippen molar-refractivity contribution in [2.45, 2.75) is 51.5 Å². The zero-order valence-electron chi connectivity index (χ0n) is 23.0. The molecule has 0 bridgehead atoms. The summed E-state index contributed by atoms with van der Waals surface area (Å²) in [6.07, 6.45) is 10.4. The average molecular weight is 531 g/mol. The molecule has 2 fully saturated rings. The van der Waals surface area contributed by atoms with E-state index in [1.54, 1.807) is 6.20 Å². The fourth-order valence-corrected chi connectivity index (χ4v) is 5.88. The molecule has 2 aliphatic rings. The van der Waals surface area contributed by atoms with Crippen LogP contribution < -0.4 is 16.0 Å². The highest BCUT2D eigenvalue weighted by atomic mass is 15.1. The van der Waals surface area contributed by atoms with Gasteiger partial charge >= 0.3 is 0 Å². The fraction of sp³-hybridized carbons (Fsp3) is 0.344. The summed E-state index contributed by atoms with van der Waals surface area (Å²) in [7, 11) is 0. The summed E-state index contributed by atoms with van der Waals surface area (Å²) in [5, 5.41) is 13.0. The molecular weight excluding hydrogens is 496 g/mol. The second kappa shape index (κ2) is 10.1. The highest BCUT2D eigenvalue weighted by Crippen LogP contribution is 2.42. The predicted molar refractivity (Wildman–Crippen MR) is 161 cm³/mol. The van der Waals surface area contributed by atoms with Crippen LogP contribution in [0.4, 0.5) is 17.5 Å². The average Bonchev–Trinajstić information content (AvgIpc) is 2.93. The lowest BCUT2D eigenvalue weighted by Crippen LogP contribution is -2.49. The Hall–Kier alpha value is -4.17. The number of pyridine rings is 3. The normalized spacial score (nSPS) is 18.9. The first-order chi connectivity index (χ1) is 19.5. The number of nitrogens with one attached hydrogen (secondary N) is 3. The number of anilines is 3. The van der Waals surface area contributed by atoms with Crippen molar-refractivity contribution in [1.29, 1.82) is 0 Å². The van der Waals surface area contributed by atoms with Crippen molar-refractivity contribution in [3.8, 4) is 11.4 Å². The van der Waals surface area contributed by atoms with E-state index < -0.39 is 0 Å². The van der Waals surface area contributed by atoms with Gasteiger partial charge in [-0.2, -0.15) is 0 Å². The molecule has 7 rings (SSSR count). The minimum atomic E-state index is 0.0972. The molecule has 1 saturated heterocycles. The van der Waals surface area contributed by atoms with E-state index in [4.69, 9.17) is 15.0 Å². The third-order valence-corrected chi connectivity index (χ3v) is 8.50. The summed E-state index contributed by atoms with van der Waals surface area (Å²) in [4.78, 5) is 24.1. The van der Waals surface area contributed by atoms with Gasteiger partial charge in [0.1, 0.15) is 17.5 Å². The van der Waals surface area contributed by atoms with Gasteiger partial charge in [-0.3, -0.25) is 4.98 Å². The lowest BCUT2D eigenvalue weighted by molar-refractivity contribution is 0.236. The van der Waals surface area contributed by atoms with Gasteiger partial charge in [0.25, 0.3) is 0 Å². The highest BCUT2D eigenvalue weighted by molar-refractivity contribution is 5.93. The van der Waals surface area contributed by atoms with Crippen molar-refractivity contribution in [3.63, 3.8) is 0 Å². The maximum Gasteiger partial charge on any atom is 0.162 e. The Morgan fingerprint density at radius 2 is 1.80 bits per heavy atom. The molecule has 3 N–H and O–H groups in total. The van der Waals surface area contributed by atoms with Crippen LogP contribution in [0.5, 0.6) is 0 Å². The van der Waals surface area contributed by atoms with E-state index in [0.717, 1.165) is 58.5 Å². The Kier molecular flexibility index (Phi) is 6.27. The van der Waals surface area contributed by atoms with Crippen molar-refractivity contribution >= 4 is 39.3 Å². The van der Waals surface area contributed by atoms with E-state index in [2.05, 4.69) is 51.9 Å². The van der Waals surface area contributed by atoms with E-state index in [0.29, 0.717) is 23.6 Å². The van der Waals surface area contributed by atoms with Gasteiger partial charge in [0.15, 0.2) is 5.82 Å². The fourth-order valence-electron chi connectivity index (χ4n) is 5.88. The molecule has 5 heterocycles. The van der Waals surface area contributed by atoms with Crippen molar-refractivity contribution in [1.82, 2.24) is 30.2 Å². The largest absolute Gasteiger partial charge is 0.366 e. The third-order valence-electron chi connectivity index (χ3n) is 8.50. The molecule has 1 aliphatic carbocycles. The van der Waals surface area contributed by atoms with Crippen LogP contribution >= 0.6 is 0 Å². The van der Waals surface area contributed by atoms with Gasteiger partial charge in [0.2, 0.25) is 0 Å². The van der Waals surface area contributed by atoms with Crippen molar-refractivity contribution in [3.05, 3.63) is 72.7 Å². The molecule has 5 aromatic rings. The minimum absolute atomic E-state index is 0.0972. The summed E-state index contributed by atoms with van der Waals surface area (Å²) in [5.41, 5.74) is 4.07. The third kappa shape index (κ3) is 4.73. The number of aromatic nitrogens is 5. The molecule has 1 atom stereocenters. The zero-order chi connectivity index (χ0) is 27.1. The number of fused-ring (bicyclic) bond motifs is 2. The van der Waals surface area contributed by atoms with E-state index in [9.17, 15) is 0 Å². The Balaban J connectivity index is 1.28. The van der Waals surface area contributed by atoms with Crippen LogP contribution in [-0.4, -0.2) is 44.1 Å². The lowest BCUT2D eigenvalue weighted by atomic mass is 9.78. The highest BCUT2D eigenvalue weighted by Gasteiger charge is 2.33. The molecule has 8 heteroatoms. The van der Waals surface area contributed by atoms with Crippen molar-refractivity contribution in [2.24, 2.45) is 5.41 Å². The SMILES string of the molecule is CC1(C)CNCC[C@@H]1Nc1nc(-c2ccnc(Nc3ccc4ccccc4n3)c2)nc2cncc(C3CCC3)c12. The second-order valence-corrected chi connectivity index (χ2v) is 11.7. The predicted octanol–water partition coefficient (Wildman–Crippen LogP) is 6.45. The zero-order valence-corrected chi connectivity index (χ0v) is 23.0. The van der Waals surface area contributed by atoms with Crippen LogP contribution in [-0.2, 0) is 0 Å². The van der Waals surface area contributed by atoms with Gasteiger partial charge in [-0.1, -0.05) is 38.5 Å².